The molecule has 0 aliphatic carbocycles. The Kier molecular flexibility index (Phi) is 7.81. The number of unbranched alkanes of at least 4 members (excludes halogenated alkanes) is 2. The summed E-state index contributed by atoms with van der Waals surface area (Å²) in [6, 6.07) is 9.59. The molecule has 1 aliphatic rings. The average Bonchev–Trinajstić information content (AvgIpc) is 2.75. The van der Waals surface area contributed by atoms with Gasteiger partial charge in [0, 0.05) is 42.6 Å². The first-order chi connectivity index (χ1) is 14.2. The fraction of sp³-hybridized carbons (Fsp3) is 0.500. The first-order valence-corrected chi connectivity index (χ1v) is 10.6. The van der Waals surface area contributed by atoms with Gasteiger partial charge in [-0.25, -0.2) is 14.8 Å². The standard InChI is InChI=1S/C22H31N5O2/c1-3-5-6-7-19-16-20(27-12-14-29-15-13-27)26-21(24-19)17-8-10-18(11-9-17)25-22(28)23-4-2/h8-11,16H,3-7,12-15H2,1-2H3,(H2,23,25,28). The van der Waals surface area contributed by atoms with E-state index in [1.54, 1.807) is 0 Å². The van der Waals surface area contributed by atoms with Crippen LogP contribution < -0.4 is 15.5 Å². The molecule has 2 heterocycles. The number of nitrogens with one attached hydrogen (secondary N) is 2. The summed E-state index contributed by atoms with van der Waals surface area (Å²) < 4.78 is 5.48. The van der Waals surface area contributed by atoms with E-state index >= 15 is 0 Å². The van der Waals surface area contributed by atoms with E-state index in [0.29, 0.717) is 6.54 Å². The first kappa shape index (κ1) is 21.0. The molecule has 2 N–H and O–H groups in total. The molecule has 0 unspecified atom stereocenters. The van der Waals surface area contributed by atoms with Crippen molar-refractivity contribution in [1.29, 1.82) is 0 Å². The van der Waals surface area contributed by atoms with Gasteiger partial charge < -0.3 is 20.3 Å². The molecule has 7 heteroatoms. The average molecular weight is 398 g/mol. The van der Waals surface area contributed by atoms with Gasteiger partial charge in [0.1, 0.15) is 5.82 Å². The van der Waals surface area contributed by atoms with Crippen LogP contribution in [0.2, 0.25) is 0 Å². The maximum Gasteiger partial charge on any atom is 0.319 e. The Bertz CT molecular complexity index is 788. The van der Waals surface area contributed by atoms with Crippen LogP contribution in [-0.4, -0.2) is 48.8 Å². The van der Waals surface area contributed by atoms with Gasteiger partial charge in [-0.3, -0.25) is 0 Å². The summed E-state index contributed by atoms with van der Waals surface area (Å²) >= 11 is 0. The number of urea groups is 1. The van der Waals surface area contributed by atoms with Gasteiger partial charge in [0.25, 0.3) is 0 Å². The van der Waals surface area contributed by atoms with Gasteiger partial charge in [0.2, 0.25) is 0 Å². The highest BCUT2D eigenvalue weighted by Gasteiger charge is 2.16. The lowest BCUT2D eigenvalue weighted by molar-refractivity contribution is 0.122. The third-order valence-corrected chi connectivity index (χ3v) is 4.88. The van der Waals surface area contributed by atoms with Crippen LogP contribution >= 0.6 is 0 Å². The van der Waals surface area contributed by atoms with Crippen molar-refractivity contribution in [3.8, 4) is 11.4 Å². The van der Waals surface area contributed by atoms with E-state index in [0.717, 1.165) is 67.7 Å². The molecule has 0 saturated carbocycles. The molecule has 1 aromatic heterocycles. The number of aromatic nitrogens is 2. The lowest BCUT2D eigenvalue weighted by Crippen LogP contribution is -2.37. The van der Waals surface area contributed by atoms with E-state index in [4.69, 9.17) is 14.7 Å². The summed E-state index contributed by atoms with van der Waals surface area (Å²) in [5.74, 6) is 1.69. The number of morpholine rings is 1. The quantitative estimate of drug-likeness (QED) is 0.662. The Morgan fingerprint density at radius 3 is 2.55 bits per heavy atom. The smallest absolute Gasteiger partial charge is 0.319 e. The zero-order valence-electron chi connectivity index (χ0n) is 17.4. The highest BCUT2D eigenvalue weighted by molar-refractivity contribution is 5.89. The Morgan fingerprint density at radius 1 is 1.10 bits per heavy atom. The Balaban J connectivity index is 1.82. The van der Waals surface area contributed by atoms with Gasteiger partial charge in [-0.15, -0.1) is 0 Å². The van der Waals surface area contributed by atoms with Crippen molar-refractivity contribution < 1.29 is 9.53 Å². The lowest BCUT2D eigenvalue weighted by atomic mass is 10.1. The number of ether oxygens (including phenoxy) is 1. The number of anilines is 2. The number of carbonyl (C=O) groups is 1. The summed E-state index contributed by atoms with van der Waals surface area (Å²) in [6.07, 6.45) is 4.48. The van der Waals surface area contributed by atoms with Crippen molar-refractivity contribution in [3.05, 3.63) is 36.0 Å². The molecule has 0 atom stereocenters. The molecule has 1 saturated heterocycles. The SMILES string of the molecule is CCCCCc1cc(N2CCOCC2)nc(-c2ccc(NC(=O)NCC)cc2)n1. The number of carbonyl (C=O) groups excluding carboxylic acids is 1. The van der Waals surface area contributed by atoms with Crippen molar-refractivity contribution in [1.82, 2.24) is 15.3 Å². The van der Waals surface area contributed by atoms with E-state index in [1.165, 1.54) is 12.8 Å². The molecule has 0 bridgehead atoms. The molecule has 3 rings (SSSR count). The molecule has 29 heavy (non-hydrogen) atoms. The zero-order chi connectivity index (χ0) is 20.5. The Morgan fingerprint density at radius 2 is 1.86 bits per heavy atom. The normalized spacial score (nSPS) is 13.9. The molecule has 0 radical (unpaired) electrons. The van der Waals surface area contributed by atoms with Crippen molar-refractivity contribution >= 4 is 17.5 Å². The number of hydrogen-bond donors (Lipinski definition) is 2. The maximum absolute atomic E-state index is 11.7. The minimum atomic E-state index is -0.205. The highest BCUT2D eigenvalue weighted by atomic mass is 16.5. The molecule has 1 aliphatic heterocycles. The van der Waals surface area contributed by atoms with Gasteiger partial charge >= 0.3 is 6.03 Å². The van der Waals surface area contributed by atoms with Crippen LogP contribution in [0, 0.1) is 0 Å². The third kappa shape index (κ3) is 6.15. The van der Waals surface area contributed by atoms with Crippen molar-refractivity contribution in [2.45, 2.75) is 39.5 Å². The molecule has 1 aromatic carbocycles. The molecule has 1 fully saturated rings. The zero-order valence-corrected chi connectivity index (χ0v) is 17.4. The number of hydrogen-bond acceptors (Lipinski definition) is 5. The summed E-state index contributed by atoms with van der Waals surface area (Å²) in [5.41, 5.74) is 2.76. The van der Waals surface area contributed by atoms with Crippen LogP contribution in [-0.2, 0) is 11.2 Å². The molecule has 0 spiro atoms. The summed E-state index contributed by atoms with van der Waals surface area (Å²) in [7, 11) is 0. The Hall–Kier alpha value is -2.67. The maximum atomic E-state index is 11.7. The van der Waals surface area contributed by atoms with Crippen LogP contribution in [0.15, 0.2) is 30.3 Å². The first-order valence-electron chi connectivity index (χ1n) is 10.6. The minimum absolute atomic E-state index is 0.205. The molecule has 156 valence electrons. The van der Waals surface area contributed by atoms with Crippen molar-refractivity contribution in [2.75, 3.05) is 43.1 Å². The van der Waals surface area contributed by atoms with E-state index in [-0.39, 0.29) is 6.03 Å². The van der Waals surface area contributed by atoms with Gasteiger partial charge in [-0.2, -0.15) is 0 Å². The van der Waals surface area contributed by atoms with Crippen LogP contribution in [0.25, 0.3) is 11.4 Å². The second-order valence-electron chi connectivity index (χ2n) is 7.16. The summed E-state index contributed by atoms with van der Waals surface area (Å²) in [4.78, 5) is 23.6. The third-order valence-electron chi connectivity index (χ3n) is 4.88. The minimum Gasteiger partial charge on any atom is -0.378 e. The van der Waals surface area contributed by atoms with Crippen LogP contribution in [0.4, 0.5) is 16.3 Å². The van der Waals surface area contributed by atoms with E-state index in [1.807, 2.05) is 31.2 Å². The van der Waals surface area contributed by atoms with E-state index in [2.05, 4.69) is 28.5 Å². The summed E-state index contributed by atoms with van der Waals surface area (Å²) in [6.45, 7) is 7.84. The largest absolute Gasteiger partial charge is 0.378 e. The predicted molar refractivity (Wildman–Crippen MR) is 116 cm³/mol. The van der Waals surface area contributed by atoms with Gasteiger partial charge in [-0.1, -0.05) is 19.8 Å². The topological polar surface area (TPSA) is 79.4 Å². The molecule has 2 aromatic rings. The van der Waals surface area contributed by atoms with Crippen molar-refractivity contribution in [2.24, 2.45) is 0 Å². The monoisotopic (exact) mass is 397 g/mol. The van der Waals surface area contributed by atoms with E-state index < -0.39 is 0 Å². The predicted octanol–water partition coefficient (Wildman–Crippen LogP) is 3.85. The number of aryl methyl sites for hydroxylation is 1. The van der Waals surface area contributed by atoms with Gasteiger partial charge in [-0.05, 0) is 44.0 Å². The second kappa shape index (κ2) is 10.8. The highest BCUT2D eigenvalue weighted by Crippen LogP contribution is 2.23. The molecular weight excluding hydrogens is 366 g/mol. The van der Waals surface area contributed by atoms with E-state index in [9.17, 15) is 4.79 Å². The number of amides is 2. The molecular formula is C22H31N5O2. The van der Waals surface area contributed by atoms with Gasteiger partial charge in [0.15, 0.2) is 5.82 Å². The Labute approximate surface area is 172 Å². The fourth-order valence-electron chi connectivity index (χ4n) is 3.29. The molecule has 2 amide bonds. The number of nitrogens with zero attached hydrogens (tertiary/aromatic N) is 3. The number of rotatable bonds is 8. The van der Waals surface area contributed by atoms with Crippen LogP contribution in [0.1, 0.15) is 38.8 Å². The molecule has 7 nitrogen and oxygen atoms in total. The van der Waals surface area contributed by atoms with Gasteiger partial charge in [0.05, 0.1) is 13.2 Å². The number of benzene rings is 1. The fourth-order valence-corrected chi connectivity index (χ4v) is 3.29. The summed E-state index contributed by atoms with van der Waals surface area (Å²) in [5, 5.41) is 5.54. The van der Waals surface area contributed by atoms with Crippen molar-refractivity contribution in [3.63, 3.8) is 0 Å². The van der Waals surface area contributed by atoms with Crippen LogP contribution in [0.5, 0.6) is 0 Å². The van der Waals surface area contributed by atoms with Crippen LogP contribution in [0.3, 0.4) is 0 Å². The second-order valence-corrected chi connectivity index (χ2v) is 7.16. The lowest BCUT2D eigenvalue weighted by Gasteiger charge is -2.28.